The monoisotopic (exact) mass is 373 g/mol. The molecule has 2 heterocycles. The van der Waals surface area contributed by atoms with Crippen molar-refractivity contribution in [1.82, 2.24) is 19.9 Å². The maximum atomic E-state index is 5.83. The van der Waals surface area contributed by atoms with Gasteiger partial charge < -0.3 is 5.32 Å². The quantitative estimate of drug-likeness (QED) is 0.534. The van der Waals surface area contributed by atoms with Gasteiger partial charge in [0.15, 0.2) is 0 Å². The van der Waals surface area contributed by atoms with Crippen molar-refractivity contribution in [1.29, 1.82) is 0 Å². The molecule has 118 valence electrons. The summed E-state index contributed by atoms with van der Waals surface area (Å²) in [6.07, 6.45) is 0. The highest BCUT2D eigenvalue weighted by atomic mass is 35.5. The molecule has 0 aliphatic rings. The maximum Gasteiger partial charge on any atom is 0.232 e. The minimum atomic E-state index is 0.0370. The molecule has 0 aliphatic carbocycles. The maximum absolute atomic E-state index is 5.83. The molecule has 8 heteroatoms. The zero-order valence-corrected chi connectivity index (χ0v) is 14.4. The molecule has 4 rings (SSSR count). The summed E-state index contributed by atoms with van der Waals surface area (Å²) < 4.78 is 1.13. The molecule has 5 nitrogen and oxygen atoms in total. The number of rotatable bonds is 3. The Hall–Kier alpha value is -2.28. The summed E-state index contributed by atoms with van der Waals surface area (Å²) in [5, 5.41) is 4.11. The summed E-state index contributed by atoms with van der Waals surface area (Å²) in [5.41, 5.74) is 2.74. The van der Waals surface area contributed by atoms with E-state index < -0.39 is 0 Å². The van der Waals surface area contributed by atoms with E-state index in [1.165, 1.54) is 0 Å². The number of para-hydroxylation sites is 2. The number of hydrogen-bond acceptors (Lipinski definition) is 6. The molecule has 0 saturated heterocycles. The summed E-state index contributed by atoms with van der Waals surface area (Å²) in [6, 6.07) is 15.8. The Morgan fingerprint density at radius 3 is 2.29 bits per heavy atom. The lowest BCUT2D eigenvalue weighted by atomic mass is 10.2. The Kier molecular flexibility index (Phi) is 4.02. The smallest absolute Gasteiger partial charge is 0.232 e. The van der Waals surface area contributed by atoms with E-state index in [4.69, 9.17) is 28.2 Å². The molecule has 0 spiro atoms. The molecule has 24 heavy (non-hydrogen) atoms. The summed E-state index contributed by atoms with van der Waals surface area (Å²) in [7, 11) is 0. The van der Waals surface area contributed by atoms with Gasteiger partial charge in [-0.2, -0.15) is 15.0 Å². The van der Waals surface area contributed by atoms with Gasteiger partial charge in [-0.3, -0.25) is 0 Å². The van der Waals surface area contributed by atoms with Crippen LogP contribution in [-0.4, -0.2) is 19.9 Å². The summed E-state index contributed by atoms with van der Waals surface area (Å²) in [6.45, 7) is 0. The second-order valence-electron chi connectivity index (χ2n) is 4.85. The molecule has 4 aromatic rings. The van der Waals surface area contributed by atoms with Gasteiger partial charge >= 0.3 is 0 Å². The Balaban J connectivity index is 1.77. The molecular weight excluding hydrogens is 365 g/mol. The first kappa shape index (κ1) is 15.3. The highest BCUT2D eigenvalue weighted by Gasteiger charge is 2.12. The summed E-state index contributed by atoms with van der Waals surface area (Å²) >= 11 is 13.3. The Bertz CT molecular complexity index is 981. The fourth-order valence-corrected chi connectivity index (χ4v) is 3.64. The van der Waals surface area contributed by atoms with Gasteiger partial charge in [0.05, 0.1) is 15.9 Å². The normalized spacial score (nSPS) is 10.9. The van der Waals surface area contributed by atoms with Crippen LogP contribution in [0.2, 0.25) is 10.6 Å². The van der Waals surface area contributed by atoms with Crippen LogP contribution in [0.5, 0.6) is 0 Å². The predicted octanol–water partition coefficient (Wildman–Crippen LogP) is 5.20. The Morgan fingerprint density at radius 1 is 0.792 bits per heavy atom. The SMILES string of the molecule is Clc1nc(Cl)nc(Nc2ccccc2-c2nc3ccccc3s2)n1. The van der Waals surface area contributed by atoms with Crippen LogP contribution in [0.3, 0.4) is 0 Å². The number of aromatic nitrogens is 4. The minimum Gasteiger partial charge on any atom is -0.323 e. The minimum absolute atomic E-state index is 0.0370. The van der Waals surface area contributed by atoms with Gasteiger partial charge in [-0.15, -0.1) is 11.3 Å². The van der Waals surface area contributed by atoms with Gasteiger partial charge in [0, 0.05) is 5.56 Å². The number of thiazole rings is 1. The van der Waals surface area contributed by atoms with Crippen LogP contribution in [0, 0.1) is 0 Å². The third-order valence-corrected chi connectivity index (χ3v) is 4.69. The van der Waals surface area contributed by atoms with Gasteiger partial charge in [-0.1, -0.05) is 24.3 Å². The topological polar surface area (TPSA) is 63.6 Å². The molecule has 2 aromatic carbocycles. The standard InChI is InChI=1S/C16H9Cl2N5S/c17-14-21-15(18)23-16(22-14)20-10-6-2-1-5-9(10)13-19-11-7-3-4-8-12(11)24-13/h1-8H,(H,20,21,22,23). The molecule has 0 saturated carbocycles. The zero-order chi connectivity index (χ0) is 16.5. The Labute approximate surface area is 151 Å². The Morgan fingerprint density at radius 2 is 1.50 bits per heavy atom. The number of nitrogens with one attached hydrogen (secondary N) is 1. The molecule has 0 fully saturated rings. The highest BCUT2D eigenvalue weighted by molar-refractivity contribution is 7.21. The molecule has 0 bridgehead atoms. The van der Waals surface area contributed by atoms with E-state index in [-0.39, 0.29) is 16.5 Å². The van der Waals surface area contributed by atoms with Crippen LogP contribution in [0.1, 0.15) is 0 Å². The lowest BCUT2D eigenvalue weighted by Gasteiger charge is -2.09. The van der Waals surface area contributed by atoms with Crippen molar-refractivity contribution in [3.63, 3.8) is 0 Å². The molecule has 0 atom stereocenters. The fourth-order valence-electron chi connectivity index (χ4n) is 2.27. The molecule has 0 unspecified atom stereocenters. The van der Waals surface area contributed by atoms with Crippen LogP contribution in [0.25, 0.3) is 20.8 Å². The van der Waals surface area contributed by atoms with Crippen molar-refractivity contribution in [2.75, 3.05) is 5.32 Å². The summed E-state index contributed by atoms with van der Waals surface area (Å²) in [4.78, 5) is 16.5. The van der Waals surface area contributed by atoms with E-state index >= 15 is 0 Å². The van der Waals surface area contributed by atoms with Crippen molar-refractivity contribution in [3.05, 3.63) is 59.1 Å². The predicted molar refractivity (Wildman–Crippen MR) is 98.2 cm³/mol. The largest absolute Gasteiger partial charge is 0.323 e. The number of benzene rings is 2. The zero-order valence-electron chi connectivity index (χ0n) is 12.1. The molecule has 1 N–H and O–H groups in total. The first-order chi connectivity index (χ1) is 11.7. The average molecular weight is 374 g/mol. The summed E-state index contributed by atoms with van der Waals surface area (Å²) in [5.74, 6) is 0.286. The van der Waals surface area contributed by atoms with Crippen molar-refractivity contribution >= 4 is 56.4 Å². The first-order valence-corrected chi connectivity index (χ1v) is 8.55. The lowest BCUT2D eigenvalue weighted by molar-refractivity contribution is 1.05. The van der Waals surface area contributed by atoms with Crippen molar-refractivity contribution in [3.8, 4) is 10.6 Å². The average Bonchev–Trinajstić information content (AvgIpc) is 2.98. The lowest BCUT2D eigenvalue weighted by Crippen LogP contribution is -2.00. The van der Waals surface area contributed by atoms with Crippen LogP contribution in [0.15, 0.2) is 48.5 Å². The van der Waals surface area contributed by atoms with Gasteiger partial charge in [0.25, 0.3) is 0 Å². The van der Waals surface area contributed by atoms with E-state index in [2.05, 4.69) is 26.3 Å². The number of fused-ring (bicyclic) bond motifs is 1. The van der Waals surface area contributed by atoms with E-state index in [0.29, 0.717) is 0 Å². The van der Waals surface area contributed by atoms with E-state index in [9.17, 15) is 0 Å². The van der Waals surface area contributed by atoms with Gasteiger partial charge in [0.2, 0.25) is 16.5 Å². The number of anilines is 2. The van der Waals surface area contributed by atoms with Crippen molar-refractivity contribution in [2.24, 2.45) is 0 Å². The molecule has 2 aromatic heterocycles. The third-order valence-electron chi connectivity index (χ3n) is 3.28. The molecule has 0 aliphatic heterocycles. The van der Waals surface area contributed by atoms with Crippen LogP contribution >= 0.6 is 34.5 Å². The van der Waals surface area contributed by atoms with Crippen molar-refractivity contribution in [2.45, 2.75) is 0 Å². The molecular formula is C16H9Cl2N5S. The molecule has 0 radical (unpaired) electrons. The van der Waals surface area contributed by atoms with E-state index in [1.54, 1.807) is 11.3 Å². The van der Waals surface area contributed by atoms with Gasteiger partial charge in [-0.25, -0.2) is 4.98 Å². The fraction of sp³-hybridized carbons (Fsp3) is 0. The first-order valence-electron chi connectivity index (χ1n) is 6.98. The molecule has 0 amide bonds. The number of halogens is 2. The number of nitrogens with zero attached hydrogens (tertiary/aromatic N) is 4. The van der Waals surface area contributed by atoms with Crippen LogP contribution in [0.4, 0.5) is 11.6 Å². The van der Waals surface area contributed by atoms with Crippen LogP contribution in [-0.2, 0) is 0 Å². The van der Waals surface area contributed by atoms with Gasteiger partial charge in [-0.05, 0) is 47.5 Å². The number of hydrogen-bond donors (Lipinski definition) is 1. The third kappa shape index (κ3) is 3.03. The van der Waals surface area contributed by atoms with Crippen LogP contribution < -0.4 is 5.32 Å². The second-order valence-corrected chi connectivity index (χ2v) is 6.56. The van der Waals surface area contributed by atoms with E-state index in [1.807, 2.05) is 42.5 Å². The second kappa shape index (κ2) is 6.32. The highest BCUT2D eigenvalue weighted by Crippen LogP contribution is 2.35. The van der Waals surface area contributed by atoms with Gasteiger partial charge in [0.1, 0.15) is 5.01 Å². The van der Waals surface area contributed by atoms with Crippen molar-refractivity contribution < 1.29 is 0 Å². The van der Waals surface area contributed by atoms with E-state index in [0.717, 1.165) is 26.5 Å².